The van der Waals surface area contributed by atoms with Gasteiger partial charge in [-0.1, -0.05) is 45.0 Å². The predicted molar refractivity (Wildman–Crippen MR) is 87.8 cm³/mol. The summed E-state index contributed by atoms with van der Waals surface area (Å²) in [6.45, 7) is 9.24. The molecular weight excluding hydrogens is 266 g/mol. The SMILES string of the molecule is CCC1CN(CC(=O)c2ccc(C(C)C)cc2)CCS1. The minimum Gasteiger partial charge on any atom is -0.294 e. The van der Waals surface area contributed by atoms with E-state index in [1.165, 1.54) is 12.0 Å². The number of ketones is 1. The summed E-state index contributed by atoms with van der Waals surface area (Å²) < 4.78 is 0. The second-order valence-electron chi connectivity index (χ2n) is 5.84. The average Bonchev–Trinajstić information content (AvgIpc) is 2.47. The van der Waals surface area contributed by atoms with Gasteiger partial charge in [-0.15, -0.1) is 0 Å². The molecule has 0 bridgehead atoms. The Kier molecular flexibility index (Phi) is 5.67. The Balaban J connectivity index is 1.94. The minimum atomic E-state index is 0.252. The van der Waals surface area contributed by atoms with Crippen molar-refractivity contribution in [1.29, 1.82) is 0 Å². The number of hydrogen-bond acceptors (Lipinski definition) is 3. The van der Waals surface area contributed by atoms with Crippen molar-refractivity contribution in [1.82, 2.24) is 4.90 Å². The fraction of sp³-hybridized carbons (Fsp3) is 0.588. The number of carbonyl (C=O) groups is 1. The highest BCUT2D eigenvalue weighted by atomic mass is 32.2. The fourth-order valence-corrected chi connectivity index (χ4v) is 3.77. The lowest BCUT2D eigenvalue weighted by atomic mass is 10.0. The first-order chi connectivity index (χ1) is 9.60. The lowest BCUT2D eigenvalue weighted by Gasteiger charge is -2.31. The second-order valence-corrected chi connectivity index (χ2v) is 7.24. The van der Waals surface area contributed by atoms with Gasteiger partial charge < -0.3 is 0 Å². The number of rotatable bonds is 5. The number of nitrogens with zero attached hydrogens (tertiary/aromatic N) is 1. The van der Waals surface area contributed by atoms with E-state index in [1.54, 1.807) is 0 Å². The highest BCUT2D eigenvalue weighted by Gasteiger charge is 2.21. The molecule has 1 saturated heterocycles. The molecule has 0 spiro atoms. The zero-order valence-corrected chi connectivity index (χ0v) is 13.6. The quantitative estimate of drug-likeness (QED) is 0.769. The molecule has 1 aromatic carbocycles. The Labute approximate surface area is 126 Å². The highest BCUT2D eigenvalue weighted by molar-refractivity contribution is 8.00. The molecular formula is C17H25NOS. The smallest absolute Gasteiger partial charge is 0.176 e. The monoisotopic (exact) mass is 291 g/mol. The molecule has 110 valence electrons. The van der Waals surface area contributed by atoms with Crippen molar-refractivity contribution >= 4 is 17.5 Å². The van der Waals surface area contributed by atoms with Crippen molar-refractivity contribution in [2.75, 3.05) is 25.4 Å². The molecule has 2 nitrogen and oxygen atoms in total. The minimum absolute atomic E-state index is 0.252. The van der Waals surface area contributed by atoms with Gasteiger partial charge in [0.2, 0.25) is 0 Å². The van der Waals surface area contributed by atoms with Gasteiger partial charge in [0.05, 0.1) is 6.54 Å². The van der Waals surface area contributed by atoms with E-state index in [2.05, 4.69) is 37.8 Å². The van der Waals surface area contributed by atoms with Crippen LogP contribution in [-0.2, 0) is 0 Å². The highest BCUT2D eigenvalue weighted by Crippen LogP contribution is 2.21. The molecule has 0 saturated carbocycles. The summed E-state index contributed by atoms with van der Waals surface area (Å²) in [5.74, 6) is 1.92. The topological polar surface area (TPSA) is 20.3 Å². The van der Waals surface area contributed by atoms with E-state index in [9.17, 15) is 4.79 Å². The molecule has 1 fully saturated rings. The van der Waals surface area contributed by atoms with Gasteiger partial charge in [0, 0.05) is 29.7 Å². The molecule has 0 N–H and O–H groups in total. The van der Waals surface area contributed by atoms with Crippen LogP contribution in [0.25, 0.3) is 0 Å². The van der Waals surface area contributed by atoms with Crippen LogP contribution in [0, 0.1) is 0 Å². The van der Waals surface area contributed by atoms with Gasteiger partial charge in [0.25, 0.3) is 0 Å². The Morgan fingerprint density at radius 1 is 1.35 bits per heavy atom. The Hall–Kier alpha value is -0.800. The molecule has 1 aliphatic heterocycles. The molecule has 1 aromatic rings. The molecule has 20 heavy (non-hydrogen) atoms. The maximum absolute atomic E-state index is 12.3. The number of hydrogen-bond donors (Lipinski definition) is 0. The lowest BCUT2D eigenvalue weighted by molar-refractivity contribution is 0.0932. The maximum atomic E-state index is 12.3. The van der Waals surface area contributed by atoms with Gasteiger partial charge in [-0.25, -0.2) is 0 Å². The average molecular weight is 291 g/mol. The van der Waals surface area contributed by atoms with Crippen molar-refractivity contribution in [3.63, 3.8) is 0 Å². The van der Waals surface area contributed by atoms with E-state index in [0.717, 1.165) is 24.4 Å². The lowest BCUT2D eigenvalue weighted by Crippen LogP contribution is -2.40. The zero-order chi connectivity index (χ0) is 14.5. The summed E-state index contributed by atoms with van der Waals surface area (Å²) >= 11 is 2.04. The van der Waals surface area contributed by atoms with E-state index in [1.807, 2.05) is 23.9 Å². The number of Topliss-reactive ketones (excluding diaryl/α,β-unsaturated/α-hetero) is 1. The first-order valence-corrected chi connectivity index (χ1v) is 8.62. The Morgan fingerprint density at radius 3 is 2.65 bits per heavy atom. The third-order valence-electron chi connectivity index (χ3n) is 3.94. The van der Waals surface area contributed by atoms with Crippen LogP contribution in [0.5, 0.6) is 0 Å². The van der Waals surface area contributed by atoms with Crippen LogP contribution in [0.3, 0.4) is 0 Å². The van der Waals surface area contributed by atoms with Gasteiger partial charge >= 0.3 is 0 Å². The molecule has 1 heterocycles. The van der Waals surface area contributed by atoms with Crippen LogP contribution in [0.1, 0.15) is 49.0 Å². The summed E-state index contributed by atoms with van der Waals surface area (Å²) in [5, 5.41) is 0.694. The standard InChI is InChI=1S/C17H25NOS/c1-4-16-11-18(9-10-20-16)12-17(19)15-7-5-14(6-8-15)13(2)3/h5-8,13,16H,4,9-12H2,1-3H3. The summed E-state index contributed by atoms with van der Waals surface area (Å²) in [6.07, 6.45) is 1.19. The molecule has 3 heteroatoms. The van der Waals surface area contributed by atoms with Crippen molar-refractivity contribution in [2.24, 2.45) is 0 Å². The molecule has 1 atom stereocenters. The molecule has 1 unspecified atom stereocenters. The summed E-state index contributed by atoms with van der Waals surface area (Å²) in [4.78, 5) is 14.6. The molecule has 0 radical (unpaired) electrons. The predicted octanol–water partition coefficient (Wildman–Crippen LogP) is 3.82. The van der Waals surface area contributed by atoms with E-state index < -0.39 is 0 Å². The van der Waals surface area contributed by atoms with Crippen LogP contribution in [-0.4, -0.2) is 41.3 Å². The number of benzene rings is 1. The van der Waals surface area contributed by atoms with Crippen molar-refractivity contribution < 1.29 is 4.79 Å². The van der Waals surface area contributed by atoms with Gasteiger partial charge in [-0.2, -0.15) is 11.8 Å². The van der Waals surface area contributed by atoms with Gasteiger partial charge in [-0.3, -0.25) is 9.69 Å². The zero-order valence-electron chi connectivity index (χ0n) is 12.8. The Morgan fingerprint density at radius 2 is 2.05 bits per heavy atom. The summed E-state index contributed by atoms with van der Waals surface area (Å²) in [6, 6.07) is 8.12. The van der Waals surface area contributed by atoms with Gasteiger partial charge in [0.15, 0.2) is 5.78 Å². The van der Waals surface area contributed by atoms with Crippen molar-refractivity contribution in [2.45, 2.75) is 38.4 Å². The van der Waals surface area contributed by atoms with E-state index in [-0.39, 0.29) is 5.78 Å². The normalized spacial score (nSPS) is 20.3. The third-order valence-corrected chi connectivity index (χ3v) is 5.32. The molecule has 2 rings (SSSR count). The molecule has 0 aromatic heterocycles. The van der Waals surface area contributed by atoms with E-state index in [4.69, 9.17) is 0 Å². The van der Waals surface area contributed by atoms with Crippen LogP contribution < -0.4 is 0 Å². The molecule has 0 aliphatic carbocycles. The number of thioether (sulfide) groups is 1. The summed E-state index contributed by atoms with van der Waals surface area (Å²) in [7, 11) is 0. The first kappa shape index (κ1) is 15.6. The largest absolute Gasteiger partial charge is 0.294 e. The maximum Gasteiger partial charge on any atom is 0.176 e. The van der Waals surface area contributed by atoms with Crippen molar-refractivity contribution in [3.8, 4) is 0 Å². The second kappa shape index (κ2) is 7.28. The van der Waals surface area contributed by atoms with Gasteiger partial charge in [0.1, 0.15) is 0 Å². The van der Waals surface area contributed by atoms with Crippen LogP contribution in [0.15, 0.2) is 24.3 Å². The van der Waals surface area contributed by atoms with E-state index >= 15 is 0 Å². The van der Waals surface area contributed by atoms with Crippen molar-refractivity contribution in [3.05, 3.63) is 35.4 Å². The third kappa shape index (κ3) is 4.10. The Bertz CT molecular complexity index is 441. The molecule has 0 amide bonds. The van der Waals surface area contributed by atoms with Gasteiger partial charge in [-0.05, 0) is 17.9 Å². The number of carbonyl (C=O) groups excluding carboxylic acids is 1. The van der Waals surface area contributed by atoms with Crippen LogP contribution >= 0.6 is 11.8 Å². The van der Waals surface area contributed by atoms with E-state index in [0.29, 0.717) is 17.7 Å². The molecule has 1 aliphatic rings. The fourth-order valence-electron chi connectivity index (χ4n) is 2.52. The first-order valence-electron chi connectivity index (χ1n) is 7.57. The van der Waals surface area contributed by atoms with Crippen LogP contribution in [0.2, 0.25) is 0 Å². The summed E-state index contributed by atoms with van der Waals surface area (Å²) in [5.41, 5.74) is 2.14. The van der Waals surface area contributed by atoms with Crippen LogP contribution in [0.4, 0.5) is 0 Å².